The summed E-state index contributed by atoms with van der Waals surface area (Å²) in [6, 6.07) is 8.59. The molecule has 2 atom stereocenters. The fourth-order valence-electron chi connectivity index (χ4n) is 1.73. The SMILES string of the molecule is CC1(c2ccc(C3(C)CO3)cc2)CO1. The molecule has 2 saturated heterocycles. The minimum Gasteiger partial charge on any atom is -0.365 e. The Hall–Kier alpha value is -0.860. The Morgan fingerprint density at radius 1 is 0.857 bits per heavy atom. The van der Waals surface area contributed by atoms with Crippen molar-refractivity contribution in [3.8, 4) is 0 Å². The Morgan fingerprint density at radius 2 is 1.14 bits per heavy atom. The van der Waals surface area contributed by atoms with E-state index in [0.717, 1.165) is 13.2 Å². The van der Waals surface area contributed by atoms with Crippen LogP contribution in [-0.4, -0.2) is 13.2 Å². The minimum atomic E-state index is -0.0101. The number of hydrogen-bond donors (Lipinski definition) is 0. The molecule has 2 fully saturated rings. The van der Waals surface area contributed by atoms with Crippen LogP contribution in [0.2, 0.25) is 0 Å². The molecule has 0 amide bonds. The summed E-state index contributed by atoms with van der Waals surface area (Å²) >= 11 is 0. The van der Waals surface area contributed by atoms with Crippen molar-refractivity contribution < 1.29 is 9.47 Å². The highest BCUT2D eigenvalue weighted by atomic mass is 16.6. The summed E-state index contributed by atoms with van der Waals surface area (Å²) in [5.41, 5.74) is 2.52. The second-order valence-corrected chi connectivity index (χ2v) is 4.62. The Labute approximate surface area is 83.8 Å². The van der Waals surface area contributed by atoms with Crippen molar-refractivity contribution in [2.75, 3.05) is 13.2 Å². The van der Waals surface area contributed by atoms with Gasteiger partial charge in [-0.2, -0.15) is 0 Å². The average Bonchev–Trinajstić information content (AvgIpc) is 3.08. The van der Waals surface area contributed by atoms with Crippen LogP contribution >= 0.6 is 0 Å². The molecular weight excluding hydrogens is 176 g/mol. The van der Waals surface area contributed by atoms with E-state index < -0.39 is 0 Å². The van der Waals surface area contributed by atoms with Gasteiger partial charge >= 0.3 is 0 Å². The maximum absolute atomic E-state index is 5.39. The molecule has 0 aliphatic carbocycles. The van der Waals surface area contributed by atoms with E-state index in [9.17, 15) is 0 Å². The fraction of sp³-hybridized carbons (Fsp3) is 0.500. The highest BCUT2D eigenvalue weighted by molar-refractivity contribution is 5.33. The summed E-state index contributed by atoms with van der Waals surface area (Å²) in [6.45, 7) is 5.94. The van der Waals surface area contributed by atoms with Crippen molar-refractivity contribution in [1.29, 1.82) is 0 Å². The van der Waals surface area contributed by atoms with E-state index in [4.69, 9.17) is 9.47 Å². The summed E-state index contributed by atoms with van der Waals surface area (Å²) in [5, 5.41) is 0. The van der Waals surface area contributed by atoms with Crippen LogP contribution in [-0.2, 0) is 20.7 Å². The molecule has 74 valence electrons. The molecule has 2 aliphatic rings. The van der Waals surface area contributed by atoms with Crippen LogP contribution in [0.5, 0.6) is 0 Å². The lowest BCUT2D eigenvalue weighted by Gasteiger charge is -2.09. The molecule has 1 aromatic rings. The van der Waals surface area contributed by atoms with E-state index in [1.54, 1.807) is 0 Å². The molecule has 0 aromatic heterocycles. The Balaban J connectivity index is 1.91. The van der Waals surface area contributed by atoms with Gasteiger partial charge in [-0.1, -0.05) is 24.3 Å². The first-order valence-electron chi connectivity index (χ1n) is 5.01. The van der Waals surface area contributed by atoms with Gasteiger partial charge < -0.3 is 9.47 Å². The molecule has 14 heavy (non-hydrogen) atoms. The molecule has 0 bridgehead atoms. The molecule has 0 N–H and O–H groups in total. The third-order valence-corrected chi connectivity index (χ3v) is 3.26. The molecule has 3 rings (SSSR count). The second-order valence-electron chi connectivity index (χ2n) is 4.62. The van der Waals surface area contributed by atoms with Crippen LogP contribution in [0, 0.1) is 0 Å². The zero-order chi connectivity index (χ0) is 9.81. The van der Waals surface area contributed by atoms with Crippen LogP contribution in [0.3, 0.4) is 0 Å². The molecule has 0 radical (unpaired) electrons. The van der Waals surface area contributed by atoms with Gasteiger partial charge in [-0.05, 0) is 25.0 Å². The lowest BCUT2D eigenvalue weighted by atomic mass is 9.96. The van der Waals surface area contributed by atoms with Gasteiger partial charge in [0.25, 0.3) is 0 Å². The zero-order valence-electron chi connectivity index (χ0n) is 8.54. The number of rotatable bonds is 2. The molecule has 1 aromatic carbocycles. The monoisotopic (exact) mass is 190 g/mol. The molecule has 0 spiro atoms. The third-order valence-electron chi connectivity index (χ3n) is 3.26. The standard InChI is InChI=1S/C12H14O2/c1-11(7-13-11)9-3-5-10(6-4-9)12(2)8-14-12/h3-6H,7-8H2,1-2H3. The Bertz CT molecular complexity index is 321. The topological polar surface area (TPSA) is 25.1 Å². The summed E-state index contributed by atoms with van der Waals surface area (Å²) in [4.78, 5) is 0. The third kappa shape index (κ3) is 1.18. The molecular formula is C12H14O2. The second kappa shape index (κ2) is 2.38. The first-order valence-corrected chi connectivity index (χ1v) is 5.01. The van der Waals surface area contributed by atoms with Crippen molar-refractivity contribution in [1.82, 2.24) is 0 Å². The number of benzene rings is 1. The summed E-state index contributed by atoms with van der Waals surface area (Å²) in [6.07, 6.45) is 0. The van der Waals surface area contributed by atoms with Crippen LogP contribution in [0.1, 0.15) is 25.0 Å². The normalized spacial score (nSPS) is 39.6. The molecule has 0 saturated carbocycles. The van der Waals surface area contributed by atoms with Gasteiger partial charge in [0.15, 0.2) is 0 Å². The van der Waals surface area contributed by atoms with Gasteiger partial charge in [-0.15, -0.1) is 0 Å². The zero-order valence-corrected chi connectivity index (χ0v) is 8.54. The van der Waals surface area contributed by atoms with Crippen LogP contribution in [0.15, 0.2) is 24.3 Å². The van der Waals surface area contributed by atoms with Crippen molar-refractivity contribution >= 4 is 0 Å². The van der Waals surface area contributed by atoms with Crippen LogP contribution in [0.4, 0.5) is 0 Å². The highest BCUT2D eigenvalue weighted by Crippen LogP contribution is 2.41. The van der Waals surface area contributed by atoms with Crippen LogP contribution < -0.4 is 0 Å². The van der Waals surface area contributed by atoms with E-state index in [1.807, 2.05) is 0 Å². The van der Waals surface area contributed by atoms with E-state index in [0.29, 0.717) is 0 Å². The number of epoxide rings is 2. The summed E-state index contributed by atoms with van der Waals surface area (Å²) in [5.74, 6) is 0. The molecule has 2 heterocycles. The molecule has 2 aliphatic heterocycles. The van der Waals surface area contributed by atoms with Crippen molar-refractivity contribution in [2.24, 2.45) is 0 Å². The first kappa shape index (κ1) is 8.45. The van der Waals surface area contributed by atoms with E-state index in [1.165, 1.54) is 11.1 Å². The number of ether oxygens (including phenoxy) is 2. The van der Waals surface area contributed by atoms with E-state index >= 15 is 0 Å². The van der Waals surface area contributed by atoms with Gasteiger partial charge in [0.05, 0.1) is 13.2 Å². The Morgan fingerprint density at radius 3 is 1.36 bits per heavy atom. The largest absolute Gasteiger partial charge is 0.365 e. The van der Waals surface area contributed by atoms with E-state index in [2.05, 4.69) is 38.1 Å². The van der Waals surface area contributed by atoms with Crippen LogP contribution in [0.25, 0.3) is 0 Å². The van der Waals surface area contributed by atoms with E-state index in [-0.39, 0.29) is 11.2 Å². The minimum absolute atomic E-state index is 0.0101. The first-order chi connectivity index (χ1) is 6.62. The summed E-state index contributed by atoms with van der Waals surface area (Å²) in [7, 11) is 0. The summed E-state index contributed by atoms with van der Waals surface area (Å²) < 4.78 is 10.8. The van der Waals surface area contributed by atoms with Gasteiger partial charge in [-0.25, -0.2) is 0 Å². The molecule has 2 nitrogen and oxygen atoms in total. The molecule has 2 heteroatoms. The van der Waals surface area contributed by atoms with Gasteiger partial charge in [0.2, 0.25) is 0 Å². The maximum Gasteiger partial charge on any atom is 0.114 e. The fourth-order valence-corrected chi connectivity index (χ4v) is 1.73. The number of hydrogen-bond acceptors (Lipinski definition) is 2. The highest BCUT2D eigenvalue weighted by Gasteiger charge is 2.43. The predicted octanol–water partition coefficient (Wildman–Crippen LogP) is 2.18. The van der Waals surface area contributed by atoms with Gasteiger partial charge in [0, 0.05) is 0 Å². The smallest absolute Gasteiger partial charge is 0.114 e. The van der Waals surface area contributed by atoms with Gasteiger partial charge in [-0.3, -0.25) is 0 Å². The van der Waals surface area contributed by atoms with Gasteiger partial charge in [0.1, 0.15) is 11.2 Å². The Kier molecular flexibility index (Phi) is 1.44. The predicted molar refractivity (Wildman–Crippen MR) is 53.1 cm³/mol. The van der Waals surface area contributed by atoms with Crippen molar-refractivity contribution in [3.63, 3.8) is 0 Å². The quantitative estimate of drug-likeness (QED) is 0.668. The van der Waals surface area contributed by atoms with Crippen molar-refractivity contribution in [3.05, 3.63) is 35.4 Å². The average molecular weight is 190 g/mol. The lowest BCUT2D eigenvalue weighted by molar-refractivity contribution is 0.325. The lowest BCUT2D eigenvalue weighted by Crippen LogP contribution is -2.05. The maximum atomic E-state index is 5.39. The van der Waals surface area contributed by atoms with Crippen molar-refractivity contribution in [2.45, 2.75) is 25.0 Å². The molecule has 2 unspecified atom stereocenters.